The Morgan fingerprint density at radius 3 is 2.49 bits per heavy atom. The van der Waals surface area contributed by atoms with Gasteiger partial charge in [-0.05, 0) is 61.9 Å². The number of nitrogens with zero attached hydrogens (tertiary/aromatic N) is 4. The van der Waals surface area contributed by atoms with E-state index in [0.29, 0.717) is 28.3 Å². The van der Waals surface area contributed by atoms with Crippen LogP contribution in [0.2, 0.25) is 5.02 Å². The van der Waals surface area contributed by atoms with Gasteiger partial charge < -0.3 is 14.8 Å². The molecule has 180 valence electrons. The second-order valence-electron chi connectivity index (χ2n) is 7.78. The minimum atomic E-state index is -0.987. The van der Waals surface area contributed by atoms with E-state index in [-0.39, 0.29) is 25.6 Å². The summed E-state index contributed by atoms with van der Waals surface area (Å²) in [5, 5.41) is 11.7. The number of carbonyl (C=O) groups excluding carboxylic acids is 2. The van der Waals surface area contributed by atoms with Gasteiger partial charge in [0, 0.05) is 16.8 Å². The molecule has 1 aliphatic rings. The fourth-order valence-corrected chi connectivity index (χ4v) is 3.51. The smallest absolute Gasteiger partial charge is 0.320 e. The van der Waals surface area contributed by atoms with Gasteiger partial charge in [-0.1, -0.05) is 23.7 Å². The number of anilines is 1. The lowest BCUT2D eigenvalue weighted by Gasteiger charge is -2.31. The van der Waals surface area contributed by atoms with E-state index in [1.165, 1.54) is 4.90 Å². The Hall–Kier alpha value is -3.98. The molecular weight excluding hydrogens is 470 g/mol. The van der Waals surface area contributed by atoms with Gasteiger partial charge in [0.25, 0.3) is 0 Å². The Morgan fingerprint density at radius 2 is 1.83 bits per heavy atom. The van der Waals surface area contributed by atoms with E-state index in [1.807, 2.05) is 25.1 Å². The lowest BCUT2D eigenvalue weighted by molar-refractivity contribution is -0.154. The van der Waals surface area contributed by atoms with E-state index in [2.05, 4.69) is 20.5 Å². The van der Waals surface area contributed by atoms with Gasteiger partial charge in [0.05, 0.1) is 25.4 Å². The van der Waals surface area contributed by atoms with Crippen molar-refractivity contribution < 1.29 is 19.1 Å². The van der Waals surface area contributed by atoms with Crippen LogP contribution in [-0.2, 0) is 20.9 Å². The van der Waals surface area contributed by atoms with E-state index < -0.39 is 11.9 Å². The maximum Gasteiger partial charge on any atom is 0.320 e. The Bertz CT molecular complexity index is 1210. The van der Waals surface area contributed by atoms with Gasteiger partial charge in [0.2, 0.25) is 17.7 Å². The maximum absolute atomic E-state index is 13.2. The van der Waals surface area contributed by atoms with Crippen molar-refractivity contribution in [2.75, 3.05) is 18.5 Å². The fraction of sp³-hybridized carbons (Fsp3) is 0.240. The van der Waals surface area contributed by atoms with E-state index in [0.717, 1.165) is 11.3 Å². The highest BCUT2D eigenvalue weighted by Crippen LogP contribution is 2.23. The van der Waals surface area contributed by atoms with Gasteiger partial charge in [-0.2, -0.15) is 5.10 Å². The first-order valence-electron chi connectivity index (χ1n) is 11.0. The molecule has 35 heavy (non-hydrogen) atoms. The summed E-state index contributed by atoms with van der Waals surface area (Å²) < 4.78 is 10.8. The van der Waals surface area contributed by atoms with Gasteiger partial charge in [0.1, 0.15) is 5.75 Å². The second-order valence-corrected chi connectivity index (χ2v) is 8.22. The van der Waals surface area contributed by atoms with Crippen LogP contribution in [0.3, 0.4) is 0 Å². The third-order valence-electron chi connectivity index (χ3n) is 5.17. The molecule has 1 amide bonds. The fourth-order valence-electron chi connectivity index (χ4n) is 3.38. The molecule has 2 heterocycles. The number of esters is 1. The first-order chi connectivity index (χ1) is 16.9. The highest BCUT2D eigenvalue weighted by Gasteiger charge is 2.37. The molecule has 10 heteroatoms. The highest BCUT2D eigenvalue weighted by atomic mass is 35.5. The van der Waals surface area contributed by atoms with Gasteiger partial charge in [-0.15, -0.1) is 5.10 Å². The van der Waals surface area contributed by atoms with Crippen LogP contribution in [0.4, 0.5) is 5.69 Å². The van der Waals surface area contributed by atoms with Gasteiger partial charge >= 0.3 is 5.97 Å². The minimum absolute atomic E-state index is 0.00437. The molecule has 0 spiro atoms. The Kier molecular flexibility index (Phi) is 7.57. The summed E-state index contributed by atoms with van der Waals surface area (Å²) in [6, 6.07) is 17.8. The van der Waals surface area contributed by atoms with Gasteiger partial charge in [-0.3, -0.25) is 19.5 Å². The highest BCUT2D eigenvalue weighted by molar-refractivity contribution is 6.30. The summed E-state index contributed by atoms with van der Waals surface area (Å²) in [4.78, 5) is 31.5. The lowest BCUT2D eigenvalue weighted by Crippen LogP contribution is -2.50. The number of hydrogen-bond donors (Lipinski definition) is 1. The lowest BCUT2D eigenvalue weighted by atomic mass is 10.1. The molecule has 1 aromatic heterocycles. The molecule has 0 fully saturated rings. The molecule has 1 aliphatic heterocycles. The van der Waals surface area contributed by atoms with Crippen LogP contribution >= 0.6 is 11.6 Å². The number of ether oxygens (including phenoxy) is 2. The normalized spacial score (nSPS) is 15.4. The van der Waals surface area contributed by atoms with Crippen molar-refractivity contribution in [3.8, 4) is 11.6 Å². The SMILES string of the molecule is CCOC(=O)C1CN=C(Nc2ccc(Oc3ccc(C)nn3)cc2)N(Cc2ccc(Cl)cc2)C1=O. The Morgan fingerprint density at radius 1 is 1.09 bits per heavy atom. The van der Waals surface area contributed by atoms with E-state index in [9.17, 15) is 9.59 Å². The molecule has 1 unspecified atom stereocenters. The van der Waals surface area contributed by atoms with Crippen molar-refractivity contribution in [2.24, 2.45) is 10.9 Å². The predicted octanol–water partition coefficient (Wildman–Crippen LogP) is 4.22. The number of guanidine groups is 1. The van der Waals surface area contributed by atoms with Crippen molar-refractivity contribution in [1.82, 2.24) is 15.1 Å². The predicted molar refractivity (Wildman–Crippen MR) is 131 cm³/mol. The number of aryl methyl sites for hydroxylation is 1. The molecule has 4 rings (SSSR count). The summed E-state index contributed by atoms with van der Waals surface area (Å²) in [6.45, 7) is 3.96. The molecule has 1 N–H and O–H groups in total. The number of rotatable bonds is 7. The van der Waals surface area contributed by atoms with Crippen LogP contribution in [0, 0.1) is 12.8 Å². The topological polar surface area (TPSA) is 106 Å². The van der Waals surface area contributed by atoms with Crippen LogP contribution in [0.15, 0.2) is 65.7 Å². The van der Waals surface area contributed by atoms with Gasteiger partial charge in [-0.25, -0.2) is 0 Å². The standard InChI is InChI=1S/C25H24ClN5O4/c1-3-34-24(33)21-14-27-25(31(23(21)32)15-17-5-7-18(26)8-6-17)28-19-9-11-20(12-10-19)35-22-13-4-16(2)29-30-22/h4-13,21H,3,14-15H2,1-2H3,(H,27,28). The van der Waals surface area contributed by atoms with Crippen molar-refractivity contribution in [1.29, 1.82) is 0 Å². The molecule has 9 nitrogen and oxygen atoms in total. The number of carbonyl (C=O) groups is 2. The van der Waals surface area contributed by atoms with Crippen LogP contribution in [0.1, 0.15) is 18.2 Å². The molecule has 3 aromatic rings. The first-order valence-corrected chi connectivity index (χ1v) is 11.4. The number of aliphatic imine (C=N–C) groups is 1. The number of benzene rings is 2. The van der Waals surface area contributed by atoms with Gasteiger partial charge in [0.15, 0.2) is 5.92 Å². The Labute approximate surface area is 207 Å². The van der Waals surface area contributed by atoms with Crippen LogP contribution in [-0.4, -0.2) is 46.1 Å². The molecule has 2 aromatic carbocycles. The minimum Gasteiger partial charge on any atom is -0.465 e. The molecule has 0 saturated carbocycles. The Balaban J connectivity index is 1.52. The first kappa shape index (κ1) is 24.2. The molecule has 0 saturated heterocycles. The van der Waals surface area contributed by atoms with Crippen molar-refractivity contribution in [2.45, 2.75) is 20.4 Å². The summed E-state index contributed by atoms with van der Waals surface area (Å²) >= 11 is 5.99. The summed E-state index contributed by atoms with van der Waals surface area (Å²) in [6.07, 6.45) is 0. The van der Waals surface area contributed by atoms with Crippen LogP contribution in [0.25, 0.3) is 0 Å². The van der Waals surface area contributed by atoms with Crippen molar-refractivity contribution >= 4 is 35.1 Å². The summed E-state index contributed by atoms with van der Waals surface area (Å²) in [5.41, 5.74) is 2.33. The van der Waals surface area contributed by atoms with Crippen molar-refractivity contribution in [3.63, 3.8) is 0 Å². The number of hydrogen-bond acceptors (Lipinski definition) is 8. The maximum atomic E-state index is 13.2. The largest absolute Gasteiger partial charge is 0.465 e. The quantitative estimate of drug-likeness (QED) is 0.388. The number of amides is 1. The molecule has 0 radical (unpaired) electrons. The zero-order valence-electron chi connectivity index (χ0n) is 19.3. The van der Waals surface area contributed by atoms with E-state index >= 15 is 0 Å². The van der Waals surface area contributed by atoms with E-state index in [4.69, 9.17) is 21.1 Å². The summed E-state index contributed by atoms with van der Waals surface area (Å²) in [5.74, 6) is -0.646. The average Bonchev–Trinajstić information content (AvgIpc) is 2.85. The molecular formula is C25H24ClN5O4. The molecule has 0 bridgehead atoms. The second kappa shape index (κ2) is 11.0. The third-order valence-corrected chi connectivity index (χ3v) is 5.43. The average molecular weight is 494 g/mol. The number of halogens is 1. The molecule has 0 aliphatic carbocycles. The zero-order chi connectivity index (χ0) is 24.8. The van der Waals surface area contributed by atoms with Crippen LogP contribution < -0.4 is 10.1 Å². The van der Waals surface area contributed by atoms with Crippen molar-refractivity contribution in [3.05, 3.63) is 76.9 Å². The third kappa shape index (κ3) is 6.13. The monoisotopic (exact) mass is 493 g/mol. The number of aromatic nitrogens is 2. The van der Waals surface area contributed by atoms with Crippen LogP contribution in [0.5, 0.6) is 11.6 Å². The zero-order valence-corrected chi connectivity index (χ0v) is 20.0. The number of nitrogens with one attached hydrogen (secondary N) is 1. The molecule has 1 atom stereocenters. The van der Waals surface area contributed by atoms with E-state index in [1.54, 1.807) is 49.4 Å². The summed E-state index contributed by atoms with van der Waals surface area (Å²) in [7, 11) is 0.